The van der Waals surface area contributed by atoms with E-state index in [0.29, 0.717) is 13.1 Å². The Labute approximate surface area is 116 Å². The molecule has 0 spiro atoms. The fraction of sp³-hybridized carbons (Fsp3) is 0.933. The third-order valence-electron chi connectivity index (χ3n) is 4.40. The number of aliphatic hydroxyl groups excluding tert-OH is 1. The van der Waals surface area contributed by atoms with E-state index in [9.17, 15) is 9.90 Å². The van der Waals surface area contributed by atoms with Crippen LogP contribution in [0.15, 0.2) is 0 Å². The predicted octanol–water partition coefficient (Wildman–Crippen LogP) is 1.48. The highest BCUT2D eigenvalue weighted by Gasteiger charge is 2.35. The van der Waals surface area contributed by atoms with Crippen molar-refractivity contribution in [2.75, 3.05) is 32.7 Å². The zero-order valence-corrected chi connectivity index (χ0v) is 12.4. The summed E-state index contributed by atoms with van der Waals surface area (Å²) in [6.07, 6.45) is 5.10. The van der Waals surface area contributed by atoms with Gasteiger partial charge in [0.05, 0.1) is 11.5 Å². The van der Waals surface area contributed by atoms with Gasteiger partial charge in [-0.1, -0.05) is 6.42 Å². The molecule has 0 aromatic heterocycles. The fourth-order valence-corrected chi connectivity index (χ4v) is 3.24. The van der Waals surface area contributed by atoms with E-state index in [4.69, 9.17) is 0 Å². The zero-order valence-electron chi connectivity index (χ0n) is 12.4. The summed E-state index contributed by atoms with van der Waals surface area (Å²) in [7, 11) is 0. The van der Waals surface area contributed by atoms with Crippen LogP contribution in [0.25, 0.3) is 0 Å². The molecule has 0 atom stereocenters. The highest BCUT2D eigenvalue weighted by atomic mass is 16.3. The van der Waals surface area contributed by atoms with Crippen LogP contribution >= 0.6 is 0 Å². The van der Waals surface area contributed by atoms with Gasteiger partial charge in [0.15, 0.2) is 0 Å². The standard InChI is InChI=1S/C15H28N2O2/c1-15(2,12-16-8-4-3-5-9-16)14(19)17-10-6-13(18)7-11-17/h13,18H,3-12H2,1-2H3. The van der Waals surface area contributed by atoms with Gasteiger partial charge in [-0.15, -0.1) is 0 Å². The monoisotopic (exact) mass is 268 g/mol. The van der Waals surface area contributed by atoms with Crippen LogP contribution in [-0.4, -0.2) is 59.6 Å². The molecule has 1 N–H and O–H groups in total. The smallest absolute Gasteiger partial charge is 0.229 e. The maximum atomic E-state index is 12.6. The highest BCUT2D eigenvalue weighted by Crippen LogP contribution is 2.24. The molecule has 4 nitrogen and oxygen atoms in total. The van der Waals surface area contributed by atoms with Crippen molar-refractivity contribution in [3.63, 3.8) is 0 Å². The van der Waals surface area contributed by atoms with E-state index >= 15 is 0 Å². The molecule has 2 aliphatic heterocycles. The molecule has 2 saturated heterocycles. The molecule has 1 amide bonds. The Morgan fingerprint density at radius 2 is 1.68 bits per heavy atom. The molecule has 2 aliphatic rings. The molecule has 110 valence electrons. The third-order valence-corrected chi connectivity index (χ3v) is 4.40. The molecule has 0 bridgehead atoms. The highest BCUT2D eigenvalue weighted by molar-refractivity contribution is 5.82. The first kappa shape index (κ1) is 14.8. The van der Waals surface area contributed by atoms with Gasteiger partial charge in [0.2, 0.25) is 5.91 Å². The Balaban J connectivity index is 1.88. The van der Waals surface area contributed by atoms with Crippen molar-refractivity contribution in [2.24, 2.45) is 5.41 Å². The Kier molecular flexibility index (Phi) is 4.85. The van der Waals surface area contributed by atoms with Crippen molar-refractivity contribution < 1.29 is 9.90 Å². The topological polar surface area (TPSA) is 43.8 Å². The SMILES string of the molecule is CC(C)(CN1CCCCC1)C(=O)N1CCC(O)CC1. The molecular weight excluding hydrogens is 240 g/mol. The second kappa shape index (κ2) is 6.23. The number of hydrogen-bond donors (Lipinski definition) is 1. The van der Waals surface area contributed by atoms with Crippen LogP contribution in [0.2, 0.25) is 0 Å². The van der Waals surface area contributed by atoms with Crippen molar-refractivity contribution in [1.82, 2.24) is 9.80 Å². The van der Waals surface area contributed by atoms with E-state index in [0.717, 1.165) is 32.5 Å². The lowest BCUT2D eigenvalue weighted by molar-refractivity contribution is -0.143. The molecule has 0 aromatic rings. The lowest BCUT2D eigenvalue weighted by atomic mass is 9.89. The van der Waals surface area contributed by atoms with Crippen molar-refractivity contribution in [1.29, 1.82) is 0 Å². The summed E-state index contributed by atoms with van der Waals surface area (Å²) in [6.45, 7) is 8.69. The number of carbonyl (C=O) groups is 1. The van der Waals surface area contributed by atoms with Gasteiger partial charge in [-0.2, -0.15) is 0 Å². The average molecular weight is 268 g/mol. The second-order valence-electron chi connectivity index (χ2n) is 6.74. The second-order valence-corrected chi connectivity index (χ2v) is 6.74. The number of rotatable bonds is 3. The van der Waals surface area contributed by atoms with Crippen LogP contribution < -0.4 is 0 Å². The Bertz CT molecular complexity index is 303. The number of amides is 1. The van der Waals surface area contributed by atoms with Crippen LogP contribution in [0.5, 0.6) is 0 Å². The zero-order chi connectivity index (χ0) is 13.9. The lowest BCUT2D eigenvalue weighted by Gasteiger charge is -2.39. The maximum Gasteiger partial charge on any atom is 0.229 e. The van der Waals surface area contributed by atoms with Gasteiger partial charge >= 0.3 is 0 Å². The first-order valence-corrected chi connectivity index (χ1v) is 7.69. The summed E-state index contributed by atoms with van der Waals surface area (Å²) in [5.74, 6) is 0.255. The number of aliphatic hydroxyl groups is 1. The largest absolute Gasteiger partial charge is 0.393 e. The van der Waals surface area contributed by atoms with E-state index in [-0.39, 0.29) is 17.4 Å². The summed E-state index contributed by atoms with van der Waals surface area (Å²) < 4.78 is 0. The van der Waals surface area contributed by atoms with E-state index in [1.54, 1.807) is 0 Å². The van der Waals surface area contributed by atoms with Gasteiger partial charge in [0, 0.05) is 19.6 Å². The number of piperidine rings is 2. The number of nitrogens with zero attached hydrogens (tertiary/aromatic N) is 2. The van der Waals surface area contributed by atoms with Crippen LogP contribution in [0.1, 0.15) is 46.0 Å². The maximum absolute atomic E-state index is 12.6. The number of likely N-dealkylation sites (tertiary alicyclic amines) is 2. The van der Waals surface area contributed by atoms with Crippen LogP contribution in [-0.2, 0) is 4.79 Å². The minimum atomic E-state index is -0.306. The Hall–Kier alpha value is -0.610. The Morgan fingerprint density at radius 1 is 1.11 bits per heavy atom. The molecule has 0 saturated carbocycles. The van der Waals surface area contributed by atoms with Crippen molar-refractivity contribution >= 4 is 5.91 Å². The molecule has 2 rings (SSSR count). The molecule has 2 fully saturated rings. The van der Waals surface area contributed by atoms with Crippen LogP contribution in [0.3, 0.4) is 0 Å². The molecule has 0 aromatic carbocycles. The minimum absolute atomic E-state index is 0.214. The van der Waals surface area contributed by atoms with E-state index in [1.807, 2.05) is 4.90 Å². The molecule has 4 heteroatoms. The first-order valence-electron chi connectivity index (χ1n) is 7.69. The molecule has 0 radical (unpaired) electrons. The van der Waals surface area contributed by atoms with Gasteiger partial charge in [0.25, 0.3) is 0 Å². The molecule has 19 heavy (non-hydrogen) atoms. The van der Waals surface area contributed by atoms with E-state index in [2.05, 4.69) is 18.7 Å². The van der Waals surface area contributed by atoms with Crippen molar-refractivity contribution in [3.05, 3.63) is 0 Å². The van der Waals surface area contributed by atoms with Gasteiger partial charge in [0.1, 0.15) is 0 Å². The van der Waals surface area contributed by atoms with Gasteiger partial charge in [-0.05, 0) is 52.6 Å². The number of carbonyl (C=O) groups excluding carboxylic acids is 1. The summed E-state index contributed by atoms with van der Waals surface area (Å²) in [4.78, 5) is 17.0. The molecule has 0 aliphatic carbocycles. The molecular formula is C15H28N2O2. The van der Waals surface area contributed by atoms with Gasteiger partial charge in [-0.3, -0.25) is 4.79 Å². The fourth-order valence-electron chi connectivity index (χ4n) is 3.24. The van der Waals surface area contributed by atoms with Crippen LogP contribution in [0, 0.1) is 5.41 Å². The predicted molar refractivity (Wildman–Crippen MR) is 75.9 cm³/mol. The Morgan fingerprint density at radius 3 is 2.26 bits per heavy atom. The van der Waals surface area contributed by atoms with Gasteiger partial charge < -0.3 is 14.9 Å². The molecule has 0 unspecified atom stereocenters. The van der Waals surface area contributed by atoms with E-state index < -0.39 is 0 Å². The quantitative estimate of drug-likeness (QED) is 0.843. The summed E-state index contributed by atoms with van der Waals surface area (Å²) in [6, 6.07) is 0. The third kappa shape index (κ3) is 3.93. The number of hydrogen-bond acceptors (Lipinski definition) is 3. The minimum Gasteiger partial charge on any atom is -0.393 e. The van der Waals surface area contributed by atoms with Crippen molar-refractivity contribution in [3.8, 4) is 0 Å². The first-order chi connectivity index (χ1) is 8.99. The van der Waals surface area contributed by atoms with Gasteiger partial charge in [-0.25, -0.2) is 0 Å². The molecule has 2 heterocycles. The average Bonchev–Trinajstić information content (AvgIpc) is 2.39. The van der Waals surface area contributed by atoms with E-state index in [1.165, 1.54) is 19.3 Å². The summed E-state index contributed by atoms with van der Waals surface area (Å²) in [5.41, 5.74) is -0.306. The normalized spacial score (nSPS) is 23.6. The summed E-state index contributed by atoms with van der Waals surface area (Å²) in [5, 5.41) is 9.53. The lowest BCUT2D eigenvalue weighted by Crippen LogP contribution is -2.50. The van der Waals surface area contributed by atoms with Crippen LogP contribution in [0.4, 0.5) is 0 Å². The summed E-state index contributed by atoms with van der Waals surface area (Å²) >= 11 is 0. The van der Waals surface area contributed by atoms with Crippen molar-refractivity contribution in [2.45, 2.75) is 52.1 Å².